The van der Waals surface area contributed by atoms with Gasteiger partial charge in [-0.05, 0) is 66.5 Å². The Morgan fingerprint density at radius 2 is 1.71 bits per heavy atom. The molecule has 0 saturated carbocycles. The molecule has 7 heteroatoms. The molecule has 0 unspecified atom stereocenters. The molecule has 0 saturated heterocycles. The summed E-state index contributed by atoms with van der Waals surface area (Å²) in [7, 11) is -1.78. The minimum absolute atomic E-state index is 0.182. The maximum Gasteiger partial charge on any atom is 0.275 e. The van der Waals surface area contributed by atoms with Crippen LogP contribution in [0.15, 0.2) is 59.1 Å². The largest absolute Gasteiger partial charge is 0.457 e. The van der Waals surface area contributed by atoms with E-state index in [1.54, 1.807) is 13.0 Å². The number of rotatable bonds is 7. The van der Waals surface area contributed by atoms with Gasteiger partial charge in [-0.2, -0.15) is 4.99 Å². The van der Waals surface area contributed by atoms with Gasteiger partial charge in [0.25, 0.3) is 5.91 Å². The Kier molecular flexibility index (Phi) is 7.81. The van der Waals surface area contributed by atoms with E-state index in [1.807, 2.05) is 48.5 Å². The molecule has 0 aromatic heterocycles. The molecule has 0 fully saturated rings. The third-order valence-corrected chi connectivity index (χ3v) is 9.85. The fraction of sp³-hybridized carbons (Fsp3) is 0.333. The summed E-state index contributed by atoms with van der Waals surface area (Å²) < 4.78 is 12.2. The van der Waals surface area contributed by atoms with E-state index < -0.39 is 14.2 Å². The van der Waals surface area contributed by atoms with Crippen LogP contribution in [0, 0.1) is 0 Å². The maximum atomic E-state index is 11.9. The van der Waals surface area contributed by atoms with E-state index >= 15 is 0 Å². The normalized spacial score (nSPS) is 12.4. The highest BCUT2D eigenvalue weighted by molar-refractivity contribution is 6.74. The van der Waals surface area contributed by atoms with Gasteiger partial charge in [0.05, 0.1) is 6.61 Å². The van der Waals surface area contributed by atoms with Gasteiger partial charge >= 0.3 is 0 Å². The second kappa shape index (κ2) is 9.94. The van der Waals surface area contributed by atoms with Gasteiger partial charge in [0.15, 0.2) is 14.3 Å². The molecule has 2 aromatic rings. The number of carbonyl (C=O) groups excluding carboxylic acids is 1. The van der Waals surface area contributed by atoms with Crippen molar-refractivity contribution in [1.82, 2.24) is 0 Å². The van der Waals surface area contributed by atoms with Gasteiger partial charge in [0.1, 0.15) is 11.5 Å². The first-order valence-corrected chi connectivity index (χ1v) is 13.1. The van der Waals surface area contributed by atoms with Crippen molar-refractivity contribution >= 4 is 26.3 Å². The topological polar surface area (TPSA) is 99.9 Å². The highest BCUT2D eigenvalue weighted by Gasteiger charge is 2.36. The quantitative estimate of drug-likeness (QED) is 0.267. The maximum absolute atomic E-state index is 11.9. The van der Waals surface area contributed by atoms with Crippen molar-refractivity contribution < 1.29 is 14.0 Å². The van der Waals surface area contributed by atoms with Crippen LogP contribution in [0.5, 0.6) is 11.5 Å². The summed E-state index contributed by atoms with van der Waals surface area (Å²) >= 11 is 0. The average molecular weight is 440 g/mol. The van der Waals surface area contributed by atoms with E-state index in [-0.39, 0.29) is 11.0 Å². The summed E-state index contributed by atoms with van der Waals surface area (Å²) in [6.07, 6.45) is 1.71. The first kappa shape index (κ1) is 24.4. The standard InChI is InChI=1S/C24H33N3O3Si/c1-17(22(28)27-23(25)26)14-19-8-7-9-21(15-19)30-20-12-10-18(11-13-20)16-29-31(5,6)24(2,3)4/h7-15H,16H2,1-6H3,(H4,25,26,27,28)/b17-14+. The van der Waals surface area contributed by atoms with Crippen LogP contribution in [0.25, 0.3) is 6.08 Å². The number of hydrogen-bond acceptors (Lipinski definition) is 3. The lowest BCUT2D eigenvalue weighted by molar-refractivity contribution is -0.114. The predicted molar refractivity (Wildman–Crippen MR) is 129 cm³/mol. The first-order valence-electron chi connectivity index (χ1n) is 10.2. The number of carbonyl (C=O) groups is 1. The lowest BCUT2D eigenvalue weighted by Crippen LogP contribution is -2.40. The Balaban J connectivity index is 2.05. The number of aliphatic imine (C=N–C) groups is 1. The minimum atomic E-state index is -1.78. The Labute approximate surface area is 186 Å². The van der Waals surface area contributed by atoms with Crippen molar-refractivity contribution in [3.63, 3.8) is 0 Å². The molecule has 0 aliphatic rings. The smallest absolute Gasteiger partial charge is 0.275 e. The van der Waals surface area contributed by atoms with Crippen LogP contribution in [-0.4, -0.2) is 20.2 Å². The number of hydrogen-bond donors (Lipinski definition) is 2. The van der Waals surface area contributed by atoms with Gasteiger partial charge in [-0.15, -0.1) is 0 Å². The third-order valence-electron chi connectivity index (χ3n) is 5.37. The van der Waals surface area contributed by atoms with Crippen molar-refractivity contribution in [2.75, 3.05) is 0 Å². The number of amides is 1. The zero-order chi connectivity index (χ0) is 23.2. The molecule has 6 nitrogen and oxygen atoms in total. The van der Waals surface area contributed by atoms with Crippen molar-refractivity contribution in [2.45, 2.75) is 52.4 Å². The predicted octanol–water partition coefficient (Wildman–Crippen LogP) is 5.20. The van der Waals surface area contributed by atoms with Crippen LogP contribution in [0.1, 0.15) is 38.8 Å². The summed E-state index contributed by atoms with van der Waals surface area (Å²) in [4.78, 5) is 15.4. The van der Waals surface area contributed by atoms with E-state index in [9.17, 15) is 4.79 Å². The Morgan fingerprint density at radius 1 is 1.06 bits per heavy atom. The van der Waals surface area contributed by atoms with Crippen LogP contribution in [0.4, 0.5) is 0 Å². The second-order valence-electron chi connectivity index (χ2n) is 9.04. The number of nitrogens with zero attached hydrogens (tertiary/aromatic N) is 1. The van der Waals surface area contributed by atoms with Gasteiger partial charge in [0, 0.05) is 5.57 Å². The second-order valence-corrected chi connectivity index (χ2v) is 13.8. The van der Waals surface area contributed by atoms with E-state index in [0.29, 0.717) is 17.9 Å². The summed E-state index contributed by atoms with van der Waals surface area (Å²) in [6.45, 7) is 13.5. The highest BCUT2D eigenvalue weighted by Crippen LogP contribution is 2.37. The van der Waals surface area contributed by atoms with Gasteiger partial charge in [-0.1, -0.05) is 45.0 Å². The number of benzene rings is 2. The first-order chi connectivity index (χ1) is 14.4. The Morgan fingerprint density at radius 3 is 2.29 bits per heavy atom. The van der Waals surface area contributed by atoms with Gasteiger partial charge in [-0.25, -0.2) is 0 Å². The van der Waals surface area contributed by atoms with Gasteiger partial charge in [0.2, 0.25) is 0 Å². The molecule has 1 amide bonds. The zero-order valence-electron chi connectivity index (χ0n) is 19.2. The molecule has 0 atom stereocenters. The fourth-order valence-corrected chi connectivity index (χ4v) is 3.42. The third kappa shape index (κ3) is 7.38. The van der Waals surface area contributed by atoms with Gasteiger partial charge in [-0.3, -0.25) is 4.79 Å². The lowest BCUT2D eigenvalue weighted by Gasteiger charge is -2.36. The van der Waals surface area contributed by atoms with Gasteiger partial charge < -0.3 is 20.6 Å². The van der Waals surface area contributed by atoms with Crippen molar-refractivity contribution in [3.05, 3.63) is 65.2 Å². The number of ether oxygens (including phenoxy) is 1. The highest BCUT2D eigenvalue weighted by atomic mass is 28.4. The van der Waals surface area contributed by atoms with Crippen LogP contribution < -0.4 is 16.2 Å². The minimum Gasteiger partial charge on any atom is -0.457 e. The number of nitrogens with two attached hydrogens (primary N) is 2. The molecule has 0 aliphatic carbocycles. The van der Waals surface area contributed by atoms with Crippen molar-refractivity contribution in [3.8, 4) is 11.5 Å². The summed E-state index contributed by atoms with van der Waals surface area (Å²) in [5, 5.41) is 0.182. The summed E-state index contributed by atoms with van der Waals surface area (Å²) in [5.74, 6) is 0.668. The molecular formula is C24H33N3O3Si. The fourth-order valence-electron chi connectivity index (χ4n) is 2.46. The monoisotopic (exact) mass is 439 g/mol. The molecule has 2 aromatic carbocycles. The molecule has 0 radical (unpaired) electrons. The van der Waals surface area contributed by atoms with Crippen molar-refractivity contribution in [2.24, 2.45) is 16.5 Å². The molecule has 0 aliphatic heterocycles. The molecule has 0 spiro atoms. The van der Waals surface area contributed by atoms with Crippen LogP contribution in [0.2, 0.25) is 18.1 Å². The number of guanidine groups is 1. The summed E-state index contributed by atoms with van der Waals surface area (Å²) in [5.41, 5.74) is 12.9. The lowest BCUT2D eigenvalue weighted by atomic mass is 10.1. The van der Waals surface area contributed by atoms with Crippen molar-refractivity contribution in [1.29, 1.82) is 0 Å². The molecule has 166 valence electrons. The molecular weight excluding hydrogens is 406 g/mol. The Bertz CT molecular complexity index is 970. The SMILES string of the molecule is C/C(=C\c1cccc(Oc2ccc(CO[Si](C)(C)C(C)(C)C)cc2)c1)C(=O)N=C(N)N. The molecule has 4 N–H and O–H groups in total. The van der Waals surface area contributed by atoms with Crippen LogP contribution in [-0.2, 0) is 15.8 Å². The summed E-state index contributed by atoms with van der Waals surface area (Å²) in [6, 6.07) is 15.3. The average Bonchev–Trinajstić information content (AvgIpc) is 2.66. The van der Waals surface area contributed by atoms with E-state index in [0.717, 1.165) is 16.9 Å². The molecule has 31 heavy (non-hydrogen) atoms. The zero-order valence-corrected chi connectivity index (χ0v) is 20.2. The van der Waals surface area contributed by atoms with E-state index in [4.69, 9.17) is 20.6 Å². The van der Waals surface area contributed by atoms with Crippen LogP contribution in [0.3, 0.4) is 0 Å². The van der Waals surface area contributed by atoms with Crippen LogP contribution >= 0.6 is 0 Å². The molecule has 2 rings (SSSR count). The Hall–Kier alpha value is -2.90. The van der Waals surface area contributed by atoms with E-state index in [1.165, 1.54) is 0 Å². The molecule has 0 heterocycles. The van der Waals surface area contributed by atoms with E-state index in [2.05, 4.69) is 38.9 Å². The molecule has 0 bridgehead atoms.